The van der Waals surface area contributed by atoms with Gasteiger partial charge in [-0.2, -0.15) is 13.5 Å². The minimum Gasteiger partial charge on any atom is -0.478 e. The Morgan fingerprint density at radius 1 is 1.43 bits per heavy atom. The number of ketones is 1. The topological polar surface area (TPSA) is 199 Å². The van der Waals surface area contributed by atoms with E-state index in [2.05, 4.69) is 14.4 Å². The second-order valence-electron chi connectivity index (χ2n) is 7.39. The maximum atomic E-state index is 12.9. The molecule has 166 valence electrons. The third-order valence-electron chi connectivity index (χ3n) is 4.34. The van der Waals surface area contributed by atoms with E-state index in [9.17, 15) is 22.8 Å². The number of nitrogens with two attached hydrogens (primary N) is 1. The molecule has 2 rings (SSSR count). The van der Waals surface area contributed by atoms with E-state index in [1.54, 1.807) is 0 Å². The van der Waals surface area contributed by atoms with E-state index in [-0.39, 0.29) is 16.5 Å². The Balaban J connectivity index is 2.27. The summed E-state index contributed by atoms with van der Waals surface area (Å²) in [6, 6.07) is 0. The molecule has 30 heavy (non-hydrogen) atoms. The van der Waals surface area contributed by atoms with E-state index >= 15 is 0 Å². The van der Waals surface area contributed by atoms with Crippen molar-refractivity contribution < 1.29 is 41.6 Å². The van der Waals surface area contributed by atoms with Crippen molar-refractivity contribution in [2.75, 3.05) is 5.73 Å². The van der Waals surface area contributed by atoms with Crippen LogP contribution in [0.25, 0.3) is 0 Å². The molecule has 4 N–H and O–H groups in total. The van der Waals surface area contributed by atoms with Crippen LogP contribution in [0.15, 0.2) is 10.5 Å². The molecule has 1 amide bonds. The van der Waals surface area contributed by atoms with Gasteiger partial charge >= 0.3 is 16.4 Å². The lowest BCUT2D eigenvalue weighted by atomic mass is 9.74. The summed E-state index contributed by atoms with van der Waals surface area (Å²) in [5.41, 5.74) is 2.25. The molecule has 1 fully saturated rings. The number of oxime groups is 1. The fourth-order valence-corrected chi connectivity index (χ4v) is 3.49. The monoisotopic (exact) mass is 464 g/mol. The molecule has 0 aromatic carbocycles. The van der Waals surface area contributed by atoms with Gasteiger partial charge in [-0.3, -0.25) is 14.1 Å². The predicted molar refractivity (Wildman–Crippen MR) is 103 cm³/mol. The number of carboxylic acids is 1. The minimum atomic E-state index is -4.93. The van der Waals surface area contributed by atoms with Crippen LogP contribution in [0.3, 0.4) is 0 Å². The van der Waals surface area contributed by atoms with Gasteiger partial charge in [0.15, 0.2) is 16.6 Å². The summed E-state index contributed by atoms with van der Waals surface area (Å²) in [6.07, 6.45) is -0.440. The molecule has 1 aromatic rings. The Hall–Kier alpha value is -2.62. The van der Waals surface area contributed by atoms with Gasteiger partial charge in [-0.1, -0.05) is 5.16 Å². The molecule has 1 aromatic heterocycles. The number of aliphatic carboxylic acids is 1. The normalized spacial score (nSPS) is 19.4. The zero-order valence-corrected chi connectivity index (χ0v) is 18.0. The fourth-order valence-electron chi connectivity index (χ4n) is 2.48. The smallest absolute Gasteiger partial charge is 0.418 e. The SMILES string of the molecule is CC(C)(O/N=C(\C(=O)CC1C(=O)N(OS(=O)(=O)O)C1(C)C)c1csc(N)n1)C(=O)O. The van der Waals surface area contributed by atoms with Gasteiger partial charge in [-0.25, -0.2) is 9.78 Å². The number of hydroxylamine groups is 2. The van der Waals surface area contributed by atoms with E-state index in [0.29, 0.717) is 5.06 Å². The number of carbonyl (C=O) groups is 3. The summed E-state index contributed by atoms with van der Waals surface area (Å²) in [4.78, 5) is 45.2. The van der Waals surface area contributed by atoms with Crippen molar-refractivity contribution in [1.82, 2.24) is 10.0 Å². The van der Waals surface area contributed by atoms with Crippen molar-refractivity contribution in [2.24, 2.45) is 11.1 Å². The van der Waals surface area contributed by atoms with Gasteiger partial charge in [0.05, 0.1) is 11.5 Å². The minimum absolute atomic E-state index is 0.0271. The van der Waals surface area contributed by atoms with Crippen molar-refractivity contribution >= 4 is 50.2 Å². The lowest BCUT2D eigenvalue weighted by Crippen LogP contribution is -2.68. The van der Waals surface area contributed by atoms with Crippen molar-refractivity contribution in [2.45, 2.75) is 45.3 Å². The van der Waals surface area contributed by atoms with Gasteiger partial charge in [0, 0.05) is 11.8 Å². The number of hydrogen-bond acceptors (Lipinski definition) is 11. The fraction of sp³-hybridized carbons (Fsp3) is 0.533. The summed E-state index contributed by atoms with van der Waals surface area (Å²) in [7, 11) is -4.93. The van der Waals surface area contributed by atoms with Crippen LogP contribution >= 0.6 is 11.3 Å². The van der Waals surface area contributed by atoms with E-state index in [0.717, 1.165) is 11.3 Å². The maximum absolute atomic E-state index is 12.9. The molecule has 0 spiro atoms. The molecule has 13 nitrogen and oxygen atoms in total. The van der Waals surface area contributed by atoms with Crippen LogP contribution in [-0.4, -0.2) is 62.6 Å². The highest BCUT2D eigenvalue weighted by Gasteiger charge is 2.57. The number of amides is 1. The van der Waals surface area contributed by atoms with Gasteiger partial charge < -0.3 is 15.7 Å². The van der Waals surface area contributed by atoms with Gasteiger partial charge in [0.1, 0.15) is 5.69 Å². The lowest BCUT2D eigenvalue weighted by molar-refractivity contribution is -0.228. The number of anilines is 1. The third kappa shape index (κ3) is 4.92. The van der Waals surface area contributed by atoms with Crippen LogP contribution in [0, 0.1) is 5.92 Å². The van der Waals surface area contributed by atoms with E-state index in [1.165, 1.54) is 33.1 Å². The van der Waals surface area contributed by atoms with Crippen LogP contribution in [-0.2, 0) is 33.9 Å². The third-order valence-corrected chi connectivity index (χ3v) is 5.35. The largest absolute Gasteiger partial charge is 0.478 e. The van der Waals surface area contributed by atoms with Crippen LogP contribution in [0.4, 0.5) is 5.13 Å². The van der Waals surface area contributed by atoms with Gasteiger partial charge in [0.2, 0.25) is 5.60 Å². The molecule has 15 heteroatoms. The number of carboxylic acid groups (broad SMARTS) is 1. The number of hydrogen-bond donors (Lipinski definition) is 3. The van der Waals surface area contributed by atoms with Gasteiger partial charge in [-0.05, 0) is 27.7 Å². The van der Waals surface area contributed by atoms with E-state index in [1.807, 2.05) is 0 Å². The lowest BCUT2D eigenvalue weighted by Gasteiger charge is -2.50. The molecule has 0 bridgehead atoms. The second kappa shape index (κ2) is 7.90. The number of nitrogen functional groups attached to an aromatic ring is 1. The molecule has 0 saturated carbocycles. The molecule has 1 atom stereocenters. The molecular formula is C15H20N4O9S2. The predicted octanol–water partition coefficient (Wildman–Crippen LogP) is 0.240. The molecule has 1 aliphatic heterocycles. The Bertz CT molecular complexity index is 1010. The average Bonchev–Trinajstić information content (AvgIpc) is 3.02. The van der Waals surface area contributed by atoms with Crippen LogP contribution in [0.2, 0.25) is 0 Å². The summed E-state index contributed by atoms with van der Waals surface area (Å²) < 4.78 is 34.8. The number of carbonyl (C=O) groups excluding carboxylic acids is 2. The Morgan fingerprint density at radius 2 is 2.03 bits per heavy atom. The molecule has 0 radical (unpaired) electrons. The number of rotatable bonds is 9. The average molecular weight is 464 g/mol. The van der Waals surface area contributed by atoms with Crippen LogP contribution in [0.5, 0.6) is 0 Å². The second-order valence-corrected chi connectivity index (χ2v) is 9.28. The Kier molecular flexibility index (Phi) is 6.23. The molecule has 1 unspecified atom stereocenters. The highest BCUT2D eigenvalue weighted by molar-refractivity contribution is 7.80. The molecule has 1 aliphatic rings. The molecular weight excluding hydrogens is 444 g/mol. The number of thiazole rings is 1. The van der Waals surface area contributed by atoms with Crippen LogP contribution < -0.4 is 5.73 Å². The van der Waals surface area contributed by atoms with E-state index < -0.39 is 51.5 Å². The van der Waals surface area contributed by atoms with Crippen molar-refractivity contribution in [3.63, 3.8) is 0 Å². The summed E-state index contributed by atoms with van der Waals surface area (Å²) in [5, 5.41) is 14.8. The quantitative estimate of drug-likeness (QED) is 0.196. The zero-order chi connectivity index (χ0) is 23.1. The first-order chi connectivity index (χ1) is 13.6. The summed E-state index contributed by atoms with van der Waals surface area (Å²) >= 11 is 1.01. The highest BCUT2D eigenvalue weighted by atomic mass is 32.3. The van der Waals surface area contributed by atoms with Crippen molar-refractivity contribution in [3.8, 4) is 0 Å². The van der Waals surface area contributed by atoms with Crippen LogP contribution in [0.1, 0.15) is 39.8 Å². The summed E-state index contributed by atoms with van der Waals surface area (Å²) in [5.74, 6) is -3.92. The van der Waals surface area contributed by atoms with Gasteiger partial charge in [-0.15, -0.1) is 15.6 Å². The first kappa shape index (κ1) is 23.7. The Morgan fingerprint density at radius 3 is 2.47 bits per heavy atom. The maximum Gasteiger partial charge on any atom is 0.418 e. The number of nitrogens with zero attached hydrogens (tertiary/aromatic N) is 3. The van der Waals surface area contributed by atoms with Crippen molar-refractivity contribution in [1.29, 1.82) is 0 Å². The molecule has 0 aliphatic carbocycles. The van der Waals surface area contributed by atoms with Crippen molar-refractivity contribution in [3.05, 3.63) is 11.1 Å². The first-order valence-corrected chi connectivity index (χ1v) is 10.6. The van der Waals surface area contributed by atoms with Gasteiger partial charge in [0.25, 0.3) is 5.91 Å². The zero-order valence-electron chi connectivity index (χ0n) is 16.3. The number of Topliss-reactive ketones (excluding diaryl/α,β-unsaturated/α-hetero) is 1. The number of β-lactam (4-membered cyclic amide) rings is 1. The number of aromatic nitrogens is 1. The first-order valence-electron chi connectivity index (χ1n) is 8.31. The highest BCUT2D eigenvalue weighted by Crippen LogP contribution is 2.40. The summed E-state index contributed by atoms with van der Waals surface area (Å²) in [6.45, 7) is 5.30. The molecule has 1 saturated heterocycles. The van der Waals surface area contributed by atoms with E-state index in [4.69, 9.17) is 20.2 Å². The molecule has 2 heterocycles. The standard InChI is InChI=1S/C15H20N4O9S2/c1-14(2)7(11(21)19(14)28-30(24,25)26)5-9(20)10(8-6-29-13(16)17-8)18-27-15(3,4)12(22)23/h6-7H,5H2,1-4H3,(H2,16,17)(H,22,23)(H,24,25,26)/b18-10-. The Labute approximate surface area is 175 Å².